The molecule has 1 aromatic carbocycles. The zero-order valence-electron chi connectivity index (χ0n) is 15.4. The Morgan fingerprint density at radius 3 is 3.08 bits per heavy atom. The number of ether oxygens (including phenoxy) is 3. The molecule has 2 aliphatic rings. The lowest BCUT2D eigenvalue weighted by Gasteiger charge is -2.41. The molecule has 1 saturated heterocycles. The van der Waals surface area contributed by atoms with Gasteiger partial charge in [-0.1, -0.05) is 12.1 Å². The van der Waals surface area contributed by atoms with E-state index in [-0.39, 0.29) is 5.97 Å². The molecule has 0 amide bonds. The second kappa shape index (κ2) is 8.19. The molecule has 0 saturated carbocycles. The first-order chi connectivity index (χ1) is 12.2. The molecular formula is C20H29NO4. The van der Waals surface area contributed by atoms with Gasteiger partial charge in [-0.2, -0.15) is 0 Å². The van der Waals surface area contributed by atoms with Gasteiger partial charge in [-0.25, -0.2) is 0 Å². The normalized spacial score (nSPS) is 23.1. The number of carbonyl (C=O) groups excluding carboxylic acids is 1. The second-order valence-electron chi connectivity index (χ2n) is 7.10. The molecule has 5 heteroatoms. The molecule has 1 unspecified atom stereocenters. The topological polar surface area (TPSA) is 48.0 Å². The van der Waals surface area contributed by atoms with Crippen LogP contribution in [0.1, 0.15) is 37.3 Å². The van der Waals surface area contributed by atoms with Crippen molar-refractivity contribution >= 4 is 5.97 Å². The smallest absolute Gasteiger partial charge is 0.313 e. The Hall–Kier alpha value is -1.59. The van der Waals surface area contributed by atoms with Crippen LogP contribution in [-0.2, 0) is 27.2 Å². The maximum atomic E-state index is 12.7. The SMILES string of the molecule is CCOC(=O)C1(CCOC)CCCN(Cc2ccc3c(c2)CCO3)C1. The van der Waals surface area contributed by atoms with Crippen LogP contribution in [0.5, 0.6) is 5.75 Å². The third kappa shape index (κ3) is 4.15. The van der Waals surface area contributed by atoms with Crippen LogP contribution in [0.15, 0.2) is 18.2 Å². The van der Waals surface area contributed by atoms with Crippen LogP contribution < -0.4 is 4.74 Å². The largest absolute Gasteiger partial charge is 0.493 e. The van der Waals surface area contributed by atoms with Crippen molar-refractivity contribution in [1.29, 1.82) is 0 Å². The summed E-state index contributed by atoms with van der Waals surface area (Å²) in [5.74, 6) is 0.947. The fourth-order valence-corrected chi connectivity index (χ4v) is 4.01. The molecule has 3 rings (SSSR count). The summed E-state index contributed by atoms with van der Waals surface area (Å²) in [6, 6.07) is 6.46. The van der Waals surface area contributed by atoms with E-state index in [1.807, 2.05) is 6.92 Å². The summed E-state index contributed by atoms with van der Waals surface area (Å²) in [7, 11) is 1.69. The van der Waals surface area contributed by atoms with E-state index >= 15 is 0 Å². The number of likely N-dealkylation sites (tertiary alicyclic amines) is 1. The summed E-state index contributed by atoms with van der Waals surface area (Å²) in [5.41, 5.74) is 2.14. The van der Waals surface area contributed by atoms with Crippen molar-refractivity contribution < 1.29 is 19.0 Å². The van der Waals surface area contributed by atoms with Gasteiger partial charge in [0.15, 0.2) is 0 Å². The van der Waals surface area contributed by atoms with Crippen LogP contribution >= 0.6 is 0 Å². The van der Waals surface area contributed by atoms with E-state index in [9.17, 15) is 4.79 Å². The third-order valence-corrected chi connectivity index (χ3v) is 5.31. The van der Waals surface area contributed by atoms with Gasteiger partial charge in [0.1, 0.15) is 5.75 Å². The Kier molecular flexibility index (Phi) is 5.97. The predicted molar refractivity (Wildman–Crippen MR) is 95.7 cm³/mol. The number of benzene rings is 1. The van der Waals surface area contributed by atoms with Gasteiger partial charge in [-0.15, -0.1) is 0 Å². The summed E-state index contributed by atoms with van der Waals surface area (Å²) in [5, 5.41) is 0. The molecular weight excluding hydrogens is 318 g/mol. The molecule has 1 aromatic rings. The molecule has 1 fully saturated rings. The lowest BCUT2D eigenvalue weighted by Crippen LogP contribution is -2.48. The van der Waals surface area contributed by atoms with Crippen LogP contribution in [-0.4, -0.2) is 50.9 Å². The molecule has 138 valence electrons. The third-order valence-electron chi connectivity index (χ3n) is 5.31. The Balaban J connectivity index is 1.70. The number of rotatable bonds is 7. The highest BCUT2D eigenvalue weighted by molar-refractivity contribution is 5.77. The van der Waals surface area contributed by atoms with Gasteiger partial charge < -0.3 is 14.2 Å². The Morgan fingerprint density at radius 2 is 2.28 bits per heavy atom. The first kappa shape index (κ1) is 18.2. The van der Waals surface area contributed by atoms with Crippen molar-refractivity contribution in [3.05, 3.63) is 29.3 Å². The predicted octanol–water partition coefficient (Wildman–Crippen LogP) is 2.80. The average molecular weight is 347 g/mol. The van der Waals surface area contributed by atoms with Gasteiger partial charge in [0.2, 0.25) is 0 Å². The lowest BCUT2D eigenvalue weighted by atomic mass is 9.77. The zero-order chi connectivity index (χ0) is 17.7. The minimum atomic E-state index is -0.440. The first-order valence-corrected chi connectivity index (χ1v) is 9.30. The van der Waals surface area contributed by atoms with Crippen LogP contribution in [0, 0.1) is 5.41 Å². The standard InChI is InChI=1S/C20H29NO4/c1-3-24-19(22)20(9-12-23-2)8-4-10-21(15-20)14-16-5-6-18-17(13-16)7-11-25-18/h5-6,13H,3-4,7-12,14-15H2,1-2H3. The van der Waals surface area contributed by atoms with E-state index in [0.29, 0.717) is 13.2 Å². The molecule has 0 radical (unpaired) electrons. The van der Waals surface area contributed by atoms with Gasteiger partial charge in [0.25, 0.3) is 0 Å². The van der Waals surface area contributed by atoms with Crippen molar-refractivity contribution in [2.75, 3.05) is 40.0 Å². The van der Waals surface area contributed by atoms with Crippen LogP contribution in [0.2, 0.25) is 0 Å². The number of piperidine rings is 1. The molecule has 0 N–H and O–H groups in total. The number of hydrogen-bond acceptors (Lipinski definition) is 5. The molecule has 25 heavy (non-hydrogen) atoms. The van der Waals surface area contributed by atoms with Gasteiger partial charge in [0, 0.05) is 33.2 Å². The first-order valence-electron chi connectivity index (χ1n) is 9.30. The van der Waals surface area contributed by atoms with E-state index in [1.54, 1.807) is 7.11 Å². The van der Waals surface area contributed by atoms with Gasteiger partial charge in [-0.05, 0) is 49.9 Å². The maximum absolute atomic E-state index is 12.7. The zero-order valence-corrected chi connectivity index (χ0v) is 15.4. The highest BCUT2D eigenvalue weighted by Gasteiger charge is 2.43. The molecule has 0 bridgehead atoms. The number of methoxy groups -OCH3 is 1. The van der Waals surface area contributed by atoms with E-state index in [1.165, 1.54) is 11.1 Å². The summed E-state index contributed by atoms with van der Waals surface area (Å²) in [6.45, 7) is 6.29. The average Bonchev–Trinajstić information content (AvgIpc) is 3.08. The monoisotopic (exact) mass is 347 g/mol. The molecule has 2 aliphatic heterocycles. The van der Waals surface area contributed by atoms with Crippen molar-refractivity contribution in [3.63, 3.8) is 0 Å². The van der Waals surface area contributed by atoms with Crippen LogP contribution in [0.3, 0.4) is 0 Å². The van der Waals surface area contributed by atoms with Crippen molar-refractivity contribution in [2.45, 2.75) is 39.2 Å². The lowest BCUT2D eigenvalue weighted by molar-refractivity contribution is -0.160. The van der Waals surface area contributed by atoms with Crippen LogP contribution in [0.4, 0.5) is 0 Å². The minimum Gasteiger partial charge on any atom is -0.493 e. The van der Waals surface area contributed by atoms with E-state index in [2.05, 4.69) is 23.1 Å². The van der Waals surface area contributed by atoms with Crippen molar-refractivity contribution in [1.82, 2.24) is 4.90 Å². The Labute approximate surface area is 150 Å². The minimum absolute atomic E-state index is 0.0703. The fraction of sp³-hybridized carbons (Fsp3) is 0.650. The maximum Gasteiger partial charge on any atom is 0.313 e. The van der Waals surface area contributed by atoms with Gasteiger partial charge in [0.05, 0.1) is 18.6 Å². The highest BCUT2D eigenvalue weighted by atomic mass is 16.5. The van der Waals surface area contributed by atoms with Gasteiger partial charge >= 0.3 is 5.97 Å². The summed E-state index contributed by atoms with van der Waals surface area (Å²) >= 11 is 0. The fourth-order valence-electron chi connectivity index (χ4n) is 4.01. The van der Waals surface area contributed by atoms with E-state index < -0.39 is 5.41 Å². The summed E-state index contributed by atoms with van der Waals surface area (Å²) in [4.78, 5) is 15.0. The number of fused-ring (bicyclic) bond motifs is 1. The molecule has 0 spiro atoms. The highest BCUT2D eigenvalue weighted by Crippen LogP contribution is 2.36. The Morgan fingerprint density at radius 1 is 1.40 bits per heavy atom. The van der Waals surface area contributed by atoms with E-state index in [4.69, 9.17) is 14.2 Å². The molecule has 0 aliphatic carbocycles. The Bertz CT molecular complexity index is 603. The van der Waals surface area contributed by atoms with Gasteiger partial charge in [-0.3, -0.25) is 9.69 Å². The number of nitrogens with zero attached hydrogens (tertiary/aromatic N) is 1. The molecule has 5 nitrogen and oxygen atoms in total. The van der Waals surface area contributed by atoms with Crippen molar-refractivity contribution in [2.24, 2.45) is 5.41 Å². The van der Waals surface area contributed by atoms with E-state index in [0.717, 1.165) is 57.7 Å². The molecule has 1 atom stereocenters. The van der Waals surface area contributed by atoms with Crippen molar-refractivity contribution in [3.8, 4) is 5.75 Å². The summed E-state index contributed by atoms with van der Waals surface area (Å²) in [6.07, 6.45) is 3.60. The second-order valence-corrected chi connectivity index (χ2v) is 7.10. The summed E-state index contributed by atoms with van der Waals surface area (Å²) < 4.78 is 16.3. The van der Waals surface area contributed by atoms with Crippen LogP contribution in [0.25, 0.3) is 0 Å². The number of esters is 1. The number of carbonyl (C=O) groups is 1. The quantitative estimate of drug-likeness (QED) is 0.710. The molecule has 2 heterocycles. The molecule has 0 aromatic heterocycles. The number of hydrogen-bond donors (Lipinski definition) is 0.